The van der Waals surface area contributed by atoms with E-state index in [2.05, 4.69) is 18.6 Å². The van der Waals surface area contributed by atoms with Crippen LogP contribution in [0.3, 0.4) is 0 Å². The molecule has 0 unspecified atom stereocenters. The first-order chi connectivity index (χ1) is 5.74. The summed E-state index contributed by atoms with van der Waals surface area (Å²) in [6.45, 7) is 4.27. The number of allylic oxidation sites excluding steroid dienone is 1. The van der Waals surface area contributed by atoms with Crippen LogP contribution in [0, 0.1) is 5.92 Å². The number of hydrogen-bond donors (Lipinski definition) is 0. The molecule has 0 heterocycles. The molecule has 0 saturated heterocycles. The van der Waals surface area contributed by atoms with Gasteiger partial charge in [0.25, 0.3) is 0 Å². The molecule has 0 saturated carbocycles. The second kappa shape index (κ2) is 6.89. The Bertz CT molecular complexity index is 150. The van der Waals surface area contributed by atoms with E-state index in [1.807, 2.05) is 6.08 Å². The third-order valence-corrected chi connectivity index (χ3v) is 1.89. The van der Waals surface area contributed by atoms with E-state index in [4.69, 9.17) is 0 Å². The predicted molar refractivity (Wildman–Crippen MR) is 49.8 cm³/mol. The van der Waals surface area contributed by atoms with Gasteiger partial charge in [0.2, 0.25) is 0 Å². The van der Waals surface area contributed by atoms with Crippen molar-refractivity contribution >= 4 is 5.97 Å². The summed E-state index contributed by atoms with van der Waals surface area (Å²) in [6.07, 6.45) is 6.84. The van der Waals surface area contributed by atoms with E-state index in [1.54, 1.807) is 0 Å². The number of rotatable bonds is 5. The first kappa shape index (κ1) is 11.2. The first-order valence-corrected chi connectivity index (χ1v) is 4.50. The summed E-state index contributed by atoms with van der Waals surface area (Å²) in [4.78, 5) is 10.7. The van der Waals surface area contributed by atoms with Crippen LogP contribution in [0.5, 0.6) is 0 Å². The normalized spacial score (nSPS) is 13.2. The minimum absolute atomic E-state index is 0.260. The molecule has 0 aromatic carbocycles. The third-order valence-electron chi connectivity index (χ3n) is 1.89. The number of methoxy groups -OCH3 is 1. The molecule has 0 radical (unpaired) electrons. The number of hydrogen-bond acceptors (Lipinski definition) is 2. The van der Waals surface area contributed by atoms with Gasteiger partial charge in [0.05, 0.1) is 7.11 Å². The van der Waals surface area contributed by atoms with Crippen molar-refractivity contribution in [1.29, 1.82) is 0 Å². The van der Waals surface area contributed by atoms with Gasteiger partial charge >= 0.3 is 5.97 Å². The van der Waals surface area contributed by atoms with Gasteiger partial charge in [-0.15, -0.1) is 0 Å². The van der Waals surface area contributed by atoms with Crippen LogP contribution in [0.2, 0.25) is 0 Å². The topological polar surface area (TPSA) is 26.3 Å². The Labute approximate surface area is 74.6 Å². The summed E-state index contributed by atoms with van der Waals surface area (Å²) >= 11 is 0. The highest BCUT2D eigenvalue weighted by atomic mass is 16.5. The summed E-state index contributed by atoms with van der Waals surface area (Å²) in [5.74, 6) is 0.263. The van der Waals surface area contributed by atoms with Crippen molar-refractivity contribution in [2.24, 2.45) is 5.92 Å². The molecular weight excluding hydrogens is 152 g/mol. The maximum atomic E-state index is 10.7. The molecule has 0 aliphatic rings. The average Bonchev–Trinajstić information content (AvgIpc) is 2.11. The van der Waals surface area contributed by atoms with Crippen LogP contribution in [0.1, 0.15) is 33.1 Å². The second-order valence-corrected chi connectivity index (χ2v) is 2.84. The van der Waals surface area contributed by atoms with Gasteiger partial charge in [-0.3, -0.25) is 0 Å². The van der Waals surface area contributed by atoms with Crippen molar-refractivity contribution < 1.29 is 9.53 Å². The van der Waals surface area contributed by atoms with E-state index >= 15 is 0 Å². The van der Waals surface area contributed by atoms with Crippen LogP contribution in [0.4, 0.5) is 0 Å². The average molecular weight is 170 g/mol. The molecule has 0 fully saturated rings. The van der Waals surface area contributed by atoms with Crippen molar-refractivity contribution in [3.05, 3.63) is 12.2 Å². The Morgan fingerprint density at radius 2 is 2.17 bits per heavy atom. The summed E-state index contributed by atoms with van der Waals surface area (Å²) < 4.78 is 4.50. The molecule has 0 bridgehead atoms. The fraction of sp³-hybridized carbons (Fsp3) is 0.700. The maximum absolute atomic E-state index is 10.7. The minimum Gasteiger partial charge on any atom is -0.466 e. The van der Waals surface area contributed by atoms with E-state index in [1.165, 1.54) is 13.2 Å². The zero-order valence-electron chi connectivity index (χ0n) is 8.17. The van der Waals surface area contributed by atoms with Gasteiger partial charge in [-0.05, 0) is 18.8 Å². The SMILES string of the molecule is CCC[C@@H](/C=C/C(=O)OC)CC. The quantitative estimate of drug-likeness (QED) is 0.468. The molecule has 2 nitrogen and oxygen atoms in total. The molecule has 0 amide bonds. The van der Waals surface area contributed by atoms with E-state index in [0.717, 1.165) is 19.3 Å². The monoisotopic (exact) mass is 170 g/mol. The fourth-order valence-electron chi connectivity index (χ4n) is 1.09. The van der Waals surface area contributed by atoms with Gasteiger partial charge in [-0.1, -0.05) is 26.3 Å². The van der Waals surface area contributed by atoms with Crippen LogP contribution in [-0.4, -0.2) is 13.1 Å². The summed E-state index contributed by atoms with van der Waals surface area (Å²) in [6, 6.07) is 0. The number of carbonyl (C=O) groups is 1. The van der Waals surface area contributed by atoms with Crippen LogP contribution in [0.25, 0.3) is 0 Å². The van der Waals surface area contributed by atoms with Crippen molar-refractivity contribution in [2.75, 3.05) is 7.11 Å². The number of carbonyl (C=O) groups excluding carboxylic acids is 1. The summed E-state index contributed by atoms with van der Waals surface area (Å²) in [7, 11) is 1.40. The molecule has 2 heteroatoms. The molecule has 0 aliphatic carbocycles. The minimum atomic E-state index is -0.260. The van der Waals surface area contributed by atoms with Crippen molar-refractivity contribution in [1.82, 2.24) is 0 Å². The zero-order valence-corrected chi connectivity index (χ0v) is 8.17. The van der Waals surface area contributed by atoms with E-state index in [9.17, 15) is 4.79 Å². The van der Waals surface area contributed by atoms with Gasteiger partial charge in [-0.2, -0.15) is 0 Å². The lowest BCUT2D eigenvalue weighted by molar-refractivity contribution is -0.134. The molecular formula is C10H18O2. The molecule has 0 aromatic rings. The van der Waals surface area contributed by atoms with Crippen LogP contribution >= 0.6 is 0 Å². The largest absolute Gasteiger partial charge is 0.466 e. The van der Waals surface area contributed by atoms with Crippen molar-refractivity contribution in [2.45, 2.75) is 33.1 Å². The second-order valence-electron chi connectivity index (χ2n) is 2.84. The van der Waals surface area contributed by atoms with E-state index < -0.39 is 0 Å². The van der Waals surface area contributed by atoms with Gasteiger partial charge in [0.15, 0.2) is 0 Å². The molecule has 0 N–H and O–H groups in total. The standard InChI is InChI=1S/C10H18O2/c1-4-6-9(5-2)7-8-10(11)12-3/h7-9H,4-6H2,1-3H3/b8-7+/t9-/m0/s1. The van der Waals surface area contributed by atoms with Gasteiger partial charge in [-0.25, -0.2) is 4.79 Å². The van der Waals surface area contributed by atoms with E-state index in [0.29, 0.717) is 5.92 Å². The Kier molecular flexibility index (Phi) is 6.44. The third kappa shape index (κ3) is 4.94. The Hall–Kier alpha value is -0.790. The first-order valence-electron chi connectivity index (χ1n) is 4.50. The highest BCUT2D eigenvalue weighted by Gasteiger charge is 2.00. The Balaban J connectivity index is 3.83. The predicted octanol–water partition coefficient (Wildman–Crippen LogP) is 2.54. The van der Waals surface area contributed by atoms with E-state index in [-0.39, 0.29) is 5.97 Å². The molecule has 0 aromatic heterocycles. The highest BCUT2D eigenvalue weighted by Crippen LogP contribution is 2.11. The van der Waals surface area contributed by atoms with Crippen LogP contribution < -0.4 is 0 Å². The fourth-order valence-corrected chi connectivity index (χ4v) is 1.09. The Morgan fingerprint density at radius 3 is 2.58 bits per heavy atom. The van der Waals surface area contributed by atoms with Crippen molar-refractivity contribution in [3.63, 3.8) is 0 Å². The summed E-state index contributed by atoms with van der Waals surface area (Å²) in [5, 5.41) is 0. The molecule has 12 heavy (non-hydrogen) atoms. The molecule has 0 rings (SSSR count). The van der Waals surface area contributed by atoms with Gasteiger partial charge in [0, 0.05) is 6.08 Å². The maximum Gasteiger partial charge on any atom is 0.330 e. The lowest BCUT2D eigenvalue weighted by Gasteiger charge is -2.06. The molecule has 0 spiro atoms. The molecule has 70 valence electrons. The van der Waals surface area contributed by atoms with Crippen LogP contribution in [0.15, 0.2) is 12.2 Å². The van der Waals surface area contributed by atoms with Gasteiger partial charge < -0.3 is 4.74 Å². The van der Waals surface area contributed by atoms with Gasteiger partial charge in [0.1, 0.15) is 0 Å². The lowest BCUT2D eigenvalue weighted by Crippen LogP contribution is -1.98. The smallest absolute Gasteiger partial charge is 0.330 e. The molecule has 0 aliphatic heterocycles. The van der Waals surface area contributed by atoms with Crippen molar-refractivity contribution in [3.8, 4) is 0 Å². The Morgan fingerprint density at radius 1 is 1.50 bits per heavy atom. The highest BCUT2D eigenvalue weighted by molar-refractivity contribution is 5.81. The number of ether oxygens (including phenoxy) is 1. The number of esters is 1. The molecule has 1 atom stereocenters. The van der Waals surface area contributed by atoms with Crippen LogP contribution in [-0.2, 0) is 9.53 Å². The summed E-state index contributed by atoms with van der Waals surface area (Å²) in [5.41, 5.74) is 0. The zero-order chi connectivity index (χ0) is 9.40. The lowest BCUT2D eigenvalue weighted by atomic mass is 10.0.